The number of allylic oxidation sites excluding steroid dienone is 9. The number of aliphatic imine (C=N–C) groups is 1. The van der Waals surface area contributed by atoms with Gasteiger partial charge < -0.3 is 5.32 Å². The number of Topliss-reactive ketones (excluding diaryl/α,β-unsaturated/α-hetero) is 1. The Labute approximate surface area is 271 Å². The molecule has 0 bridgehead atoms. The molecule has 0 radical (unpaired) electrons. The van der Waals surface area contributed by atoms with Gasteiger partial charge in [0.1, 0.15) is 11.5 Å². The van der Waals surface area contributed by atoms with E-state index in [2.05, 4.69) is 58.7 Å². The van der Waals surface area contributed by atoms with Gasteiger partial charge in [-0.25, -0.2) is 4.39 Å². The highest BCUT2D eigenvalue weighted by Crippen LogP contribution is 2.53. The zero-order valence-corrected chi connectivity index (χ0v) is 28.4. The van der Waals surface area contributed by atoms with Crippen LogP contribution in [0.15, 0.2) is 75.6 Å². The van der Waals surface area contributed by atoms with E-state index in [1.165, 1.54) is 11.1 Å². The van der Waals surface area contributed by atoms with Crippen molar-refractivity contribution in [3.63, 3.8) is 0 Å². The highest BCUT2D eigenvalue weighted by atomic mass is 19.1. The molecule has 3 atom stereocenters. The van der Waals surface area contributed by atoms with Gasteiger partial charge in [-0.2, -0.15) is 0 Å². The molecule has 1 amide bonds. The fourth-order valence-corrected chi connectivity index (χ4v) is 8.49. The molecule has 5 aliphatic rings. The van der Waals surface area contributed by atoms with Gasteiger partial charge in [0.05, 0.1) is 5.54 Å². The van der Waals surface area contributed by atoms with E-state index in [0.29, 0.717) is 43.0 Å². The maximum atomic E-state index is 15.1. The number of ketones is 1. The van der Waals surface area contributed by atoms with Gasteiger partial charge in [0.25, 0.3) is 0 Å². The second-order valence-electron chi connectivity index (χ2n) is 15.0. The minimum absolute atomic E-state index is 0.0269. The molecule has 1 saturated carbocycles. The average Bonchev–Trinajstić information content (AvgIpc) is 3.87. The molecule has 5 rings (SSSR count). The summed E-state index contributed by atoms with van der Waals surface area (Å²) >= 11 is 0. The van der Waals surface area contributed by atoms with Crippen molar-refractivity contribution in [2.45, 2.75) is 124 Å². The molecule has 1 N–H and O–H groups in total. The second kappa shape index (κ2) is 13.9. The third-order valence-corrected chi connectivity index (χ3v) is 12.2. The van der Waals surface area contributed by atoms with Crippen LogP contribution in [-0.4, -0.2) is 29.5 Å². The molecule has 3 unspecified atom stereocenters. The maximum Gasteiger partial charge on any atom is 0.247 e. The molecular weight excluding hydrogens is 559 g/mol. The van der Waals surface area contributed by atoms with E-state index in [1.807, 2.05) is 6.08 Å². The number of carbonyl (C=O) groups excluding carboxylic acids is 2. The van der Waals surface area contributed by atoms with Crippen LogP contribution in [0.4, 0.5) is 4.39 Å². The van der Waals surface area contributed by atoms with E-state index in [1.54, 1.807) is 12.2 Å². The molecule has 1 spiro atoms. The molecular formula is C40H55FN2O2. The molecule has 5 heteroatoms. The van der Waals surface area contributed by atoms with Gasteiger partial charge in [-0.3, -0.25) is 14.6 Å². The lowest BCUT2D eigenvalue weighted by atomic mass is 9.57. The van der Waals surface area contributed by atoms with Crippen molar-refractivity contribution in [3.8, 4) is 0 Å². The van der Waals surface area contributed by atoms with Crippen molar-refractivity contribution in [2.75, 3.05) is 6.54 Å². The van der Waals surface area contributed by atoms with Crippen LogP contribution in [-0.2, 0) is 9.59 Å². The zero-order valence-electron chi connectivity index (χ0n) is 28.4. The Morgan fingerprint density at radius 3 is 2.49 bits per heavy atom. The van der Waals surface area contributed by atoms with Crippen LogP contribution in [0.25, 0.3) is 0 Å². The highest BCUT2D eigenvalue weighted by molar-refractivity contribution is 6.47. The zero-order chi connectivity index (χ0) is 32.4. The standard InChI is InChI=1S/C40H55FN2O2/c1-7-10-33(29-14-16-30(17-15-29)38(45)42-24-21-27-11-12-27)35-26(4)40(22-19-32(20-23-40)39(5,6)9-3)43-36(37(35)44)31-18-13-28(8-2)34(41)25-31/h8,11,14,16,25-26,32-33,35H,2,7,9-10,12-13,15,17-24H2,1,3-6H3,(H,42,45). The topological polar surface area (TPSA) is 58.5 Å². The van der Waals surface area contributed by atoms with Crippen molar-refractivity contribution in [2.24, 2.45) is 34.1 Å². The summed E-state index contributed by atoms with van der Waals surface area (Å²) in [5.74, 6) is 0.442. The molecule has 1 fully saturated rings. The van der Waals surface area contributed by atoms with Crippen molar-refractivity contribution < 1.29 is 14.0 Å². The lowest BCUT2D eigenvalue weighted by molar-refractivity contribution is -0.122. The van der Waals surface area contributed by atoms with Gasteiger partial charge in [0.2, 0.25) is 5.91 Å². The van der Waals surface area contributed by atoms with E-state index in [4.69, 9.17) is 4.99 Å². The van der Waals surface area contributed by atoms with Crippen LogP contribution in [0.1, 0.15) is 118 Å². The minimum Gasteiger partial charge on any atom is -0.352 e. The van der Waals surface area contributed by atoms with Gasteiger partial charge in [0, 0.05) is 18.0 Å². The normalized spacial score (nSPS) is 29.3. The van der Waals surface area contributed by atoms with Crippen LogP contribution in [0, 0.1) is 29.1 Å². The molecule has 0 aromatic heterocycles. The summed E-state index contributed by atoms with van der Waals surface area (Å²) in [6.07, 6.45) is 21.4. The largest absolute Gasteiger partial charge is 0.352 e. The quantitative estimate of drug-likeness (QED) is 0.223. The Morgan fingerprint density at radius 1 is 1.18 bits per heavy atom. The second-order valence-corrected chi connectivity index (χ2v) is 15.0. The number of nitrogens with one attached hydrogen (secondary N) is 1. The van der Waals surface area contributed by atoms with Gasteiger partial charge in [-0.15, -0.1) is 0 Å². The van der Waals surface area contributed by atoms with Crippen molar-refractivity contribution in [3.05, 3.63) is 70.7 Å². The number of hydrogen-bond donors (Lipinski definition) is 1. The predicted molar refractivity (Wildman–Crippen MR) is 184 cm³/mol. The number of rotatable bonds is 12. The third kappa shape index (κ3) is 7.13. The Hall–Kier alpha value is -2.82. The van der Waals surface area contributed by atoms with Crippen LogP contribution in [0.2, 0.25) is 0 Å². The first-order valence-corrected chi connectivity index (χ1v) is 17.7. The van der Waals surface area contributed by atoms with Crippen LogP contribution < -0.4 is 5.32 Å². The van der Waals surface area contributed by atoms with Crippen molar-refractivity contribution in [1.29, 1.82) is 0 Å². The molecule has 45 heavy (non-hydrogen) atoms. The molecule has 244 valence electrons. The van der Waals surface area contributed by atoms with E-state index in [-0.39, 0.29) is 46.2 Å². The Balaban J connectivity index is 1.47. The third-order valence-electron chi connectivity index (χ3n) is 12.2. The maximum absolute atomic E-state index is 15.1. The molecule has 0 aromatic carbocycles. The van der Waals surface area contributed by atoms with Gasteiger partial charge in [-0.05, 0) is 111 Å². The number of amides is 1. The van der Waals surface area contributed by atoms with Gasteiger partial charge >= 0.3 is 0 Å². The lowest BCUT2D eigenvalue weighted by Crippen LogP contribution is -2.53. The fourth-order valence-electron chi connectivity index (χ4n) is 8.49. The van der Waals surface area contributed by atoms with E-state index in [0.717, 1.165) is 75.4 Å². The summed E-state index contributed by atoms with van der Waals surface area (Å²) < 4.78 is 15.1. The monoisotopic (exact) mass is 614 g/mol. The summed E-state index contributed by atoms with van der Waals surface area (Å²) in [6, 6.07) is 0. The molecule has 0 aromatic rings. The van der Waals surface area contributed by atoms with E-state index < -0.39 is 0 Å². The Bertz CT molecular complexity index is 1380. The van der Waals surface area contributed by atoms with Crippen molar-refractivity contribution in [1.82, 2.24) is 5.32 Å². The van der Waals surface area contributed by atoms with Crippen LogP contribution >= 0.6 is 0 Å². The van der Waals surface area contributed by atoms with Crippen molar-refractivity contribution >= 4 is 17.4 Å². The highest BCUT2D eigenvalue weighted by Gasteiger charge is 2.53. The van der Waals surface area contributed by atoms with Crippen LogP contribution in [0.3, 0.4) is 0 Å². The molecule has 1 heterocycles. The first-order valence-electron chi connectivity index (χ1n) is 17.7. The summed E-state index contributed by atoms with van der Waals surface area (Å²) in [5, 5.41) is 3.09. The molecule has 0 saturated heterocycles. The number of hydrogen-bond acceptors (Lipinski definition) is 3. The average molecular weight is 615 g/mol. The summed E-state index contributed by atoms with van der Waals surface area (Å²) in [5.41, 5.74) is 5.39. The van der Waals surface area contributed by atoms with E-state index >= 15 is 4.39 Å². The van der Waals surface area contributed by atoms with Gasteiger partial charge in [-0.1, -0.05) is 89.5 Å². The summed E-state index contributed by atoms with van der Waals surface area (Å²) in [4.78, 5) is 32.9. The summed E-state index contributed by atoms with van der Waals surface area (Å²) in [6.45, 7) is 16.0. The number of carbonyl (C=O) groups is 2. The van der Waals surface area contributed by atoms with Gasteiger partial charge in [0.15, 0.2) is 5.78 Å². The SMILES string of the molecule is C=CC1=C(F)C=C(C2=NC3(CCC(C(C)(C)CC)CC3)C(C)C(C(CCC)C3=CC=C(C(=O)NCCC4=CC4)CC3)C2=O)CC1. The predicted octanol–water partition coefficient (Wildman–Crippen LogP) is 9.66. The first-order chi connectivity index (χ1) is 21.5. The molecule has 4 nitrogen and oxygen atoms in total. The minimum atomic E-state index is -0.312. The molecule has 1 aliphatic heterocycles. The fraction of sp³-hybridized carbons (Fsp3) is 0.625. The number of nitrogens with zero attached hydrogens (tertiary/aromatic N) is 1. The lowest BCUT2D eigenvalue weighted by Gasteiger charge is -2.51. The smallest absolute Gasteiger partial charge is 0.247 e. The summed E-state index contributed by atoms with van der Waals surface area (Å²) in [7, 11) is 0. The Kier molecular flexibility index (Phi) is 10.4. The molecule has 4 aliphatic carbocycles. The van der Waals surface area contributed by atoms with Crippen LogP contribution in [0.5, 0.6) is 0 Å². The first kappa shape index (κ1) is 33.5. The Morgan fingerprint density at radius 2 is 1.91 bits per heavy atom. The van der Waals surface area contributed by atoms with E-state index in [9.17, 15) is 9.59 Å². The number of halogens is 1.